The van der Waals surface area contributed by atoms with E-state index < -0.39 is 0 Å². The lowest BCUT2D eigenvalue weighted by molar-refractivity contribution is 1.16. The molecule has 68 valence electrons. The van der Waals surface area contributed by atoms with E-state index >= 15 is 0 Å². The van der Waals surface area contributed by atoms with Crippen molar-refractivity contribution in [3.8, 4) is 5.00 Å². The number of para-hydroxylation sites is 1. The fourth-order valence-corrected chi connectivity index (χ4v) is 2.41. The molecule has 0 N–H and O–H groups in total. The lowest BCUT2D eigenvalue weighted by Crippen LogP contribution is -1.86. The fraction of sp³-hybridized carbons (Fsp3) is 0. The Hall–Kier alpha value is -1.54. The highest BCUT2D eigenvalue weighted by Crippen LogP contribution is 2.22. The lowest BCUT2D eigenvalue weighted by atomic mass is 10.2. The summed E-state index contributed by atoms with van der Waals surface area (Å²) in [5, 5.41) is 4.66. The summed E-state index contributed by atoms with van der Waals surface area (Å²) in [6.45, 7) is 0. The molecule has 0 fully saturated rings. The van der Waals surface area contributed by atoms with Crippen molar-refractivity contribution in [2.75, 3.05) is 0 Å². The molecule has 0 bridgehead atoms. The first-order valence-electron chi connectivity index (χ1n) is 4.55. The predicted octanol–water partition coefficient (Wildman–Crippen LogP) is 3.69. The van der Waals surface area contributed by atoms with E-state index in [1.54, 1.807) is 11.3 Å². The van der Waals surface area contributed by atoms with Crippen LogP contribution in [0.1, 0.15) is 0 Å². The SMILES string of the molecule is c1csc(-n2ccc3ccccc32)c1. The van der Waals surface area contributed by atoms with E-state index in [4.69, 9.17) is 0 Å². The lowest BCUT2D eigenvalue weighted by Gasteiger charge is -2.00. The number of fused-ring (bicyclic) bond motifs is 1. The van der Waals surface area contributed by atoms with E-state index in [0.29, 0.717) is 0 Å². The molecule has 1 nitrogen and oxygen atoms in total. The largest absolute Gasteiger partial charge is 0.308 e. The van der Waals surface area contributed by atoms with Gasteiger partial charge in [-0.2, -0.15) is 0 Å². The highest BCUT2D eigenvalue weighted by atomic mass is 32.1. The average molecular weight is 199 g/mol. The second kappa shape index (κ2) is 3.00. The zero-order valence-electron chi connectivity index (χ0n) is 7.55. The zero-order valence-corrected chi connectivity index (χ0v) is 8.37. The number of benzene rings is 1. The third-order valence-corrected chi connectivity index (χ3v) is 3.21. The van der Waals surface area contributed by atoms with Gasteiger partial charge in [-0.25, -0.2) is 0 Å². The molecule has 1 aromatic carbocycles. The van der Waals surface area contributed by atoms with Crippen molar-refractivity contribution in [3.63, 3.8) is 0 Å². The fourth-order valence-electron chi connectivity index (χ4n) is 1.68. The average Bonchev–Trinajstić information content (AvgIpc) is 2.85. The maximum atomic E-state index is 2.22. The Morgan fingerprint density at radius 3 is 2.71 bits per heavy atom. The maximum Gasteiger partial charge on any atom is 0.0994 e. The molecule has 3 aromatic rings. The summed E-state index contributed by atoms with van der Waals surface area (Å²) in [4.78, 5) is 0. The molecular formula is C12H9NS. The molecule has 2 heterocycles. The molecule has 0 unspecified atom stereocenters. The minimum Gasteiger partial charge on any atom is -0.308 e. The molecule has 0 aliphatic rings. The van der Waals surface area contributed by atoms with E-state index in [9.17, 15) is 0 Å². The van der Waals surface area contributed by atoms with Crippen LogP contribution in [0.2, 0.25) is 0 Å². The van der Waals surface area contributed by atoms with E-state index in [1.165, 1.54) is 15.9 Å². The summed E-state index contributed by atoms with van der Waals surface area (Å²) >= 11 is 1.76. The normalized spacial score (nSPS) is 10.9. The monoisotopic (exact) mass is 199 g/mol. The van der Waals surface area contributed by atoms with Crippen LogP contribution in [0.25, 0.3) is 15.9 Å². The molecule has 0 amide bonds. The van der Waals surface area contributed by atoms with Gasteiger partial charge in [-0.1, -0.05) is 18.2 Å². The standard InChI is InChI=1S/C12H9NS/c1-2-5-11-10(4-1)7-8-13(11)12-6-3-9-14-12/h1-9H. The minimum absolute atomic E-state index is 1.27. The molecular weight excluding hydrogens is 190 g/mol. The van der Waals surface area contributed by atoms with Crippen molar-refractivity contribution < 1.29 is 0 Å². The Balaban J connectivity index is 2.33. The number of hydrogen-bond acceptors (Lipinski definition) is 1. The van der Waals surface area contributed by atoms with Crippen molar-refractivity contribution in [1.29, 1.82) is 0 Å². The molecule has 0 radical (unpaired) electrons. The van der Waals surface area contributed by atoms with E-state index in [0.717, 1.165) is 0 Å². The van der Waals surface area contributed by atoms with Crippen LogP contribution in [0.5, 0.6) is 0 Å². The molecule has 0 saturated carbocycles. The first-order valence-corrected chi connectivity index (χ1v) is 5.43. The Morgan fingerprint density at radius 2 is 1.86 bits per heavy atom. The second-order valence-corrected chi connectivity index (χ2v) is 4.12. The highest BCUT2D eigenvalue weighted by molar-refractivity contribution is 7.12. The van der Waals surface area contributed by atoms with Crippen molar-refractivity contribution >= 4 is 22.2 Å². The van der Waals surface area contributed by atoms with E-state index in [-0.39, 0.29) is 0 Å². The summed E-state index contributed by atoms with van der Waals surface area (Å²) in [6.07, 6.45) is 2.12. The van der Waals surface area contributed by atoms with Gasteiger partial charge >= 0.3 is 0 Å². The molecule has 14 heavy (non-hydrogen) atoms. The van der Waals surface area contributed by atoms with Crippen molar-refractivity contribution in [2.45, 2.75) is 0 Å². The number of hydrogen-bond donors (Lipinski definition) is 0. The number of aromatic nitrogens is 1. The molecule has 2 heteroatoms. The van der Waals surface area contributed by atoms with Gasteiger partial charge in [-0.05, 0) is 35.0 Å². The third kappa shape index (κ3) is 1.08. The van der Waals surface area contributed by atoms with Crippen LogP contribution < -0.4 is 0 Å². The van der Waals surface area contributed by atoms with Gasteiger partial charge in [0.1, 0.15) is 0 Å². The Labute approximate surface area is 86.2 Å². The van der Waals surface area contributed by atoms with Crippen LogP contribution in [-0.2, 0) is 0 Å². The van der Waals surface area contributed by atoms with Gasteiger partial charge in [-0.3, -0.25) is 0 Å². The minimum atomic E-state index is 1.27. The number of nitrogens with zero attached hydrogens (tertiary/aromatic N) is 1. The molecule has 0 atom stereocenters. The first-order chi connectivity index (χ1) is 6.95. The molecule has 3 rings (SSSR count). The van der Waals surface area contributed by atoms with Crippen LogP contribution >= 0.6 is 11.3 Å². The molecule has 0 aliphatic carbocycles. The summed E-state index contributed by atoms with van der Waals surface area (Å²) in [6, 6.07) is 14.8. The van der Waals surface area contributed by atoms with Crippen molar-refractivity contribution in [1.82, 2.24) is 4.57 Å². The van der Waals surface area contributed by atoms with Gasteiger partial charge < -0.3 is 4.57 Å². The molecule has 0 aliphatic heterocycles. The van der Waals surface area contributed by atoms with Crippen LogP contribution in [-0.4, -0.2) is 4.57 Å². The second-order valence-electron chi connectivity index (χ2n) is 3.20. The van der Waals surface area contributed by atoms with Gasteiger partial charge in [0.25, 0.3) is 0 Å². The summed E-state index contributed by atoms with van der Waals surface area (Å²) in [7, 11) is 0. The third-order valence-electron chi connectivity index (χ3n) is 2.34. The maximum absolute atomic E-state index is 2.22. The Kier molecular flexibility index (Phi) is 1.67. The molecule has 2 aromatic heterocycles. The van der Waals surface area contributed by atoms with Gasteiger partial charge in [0.15, 0.2) is 0 Å². The van der Waals surface area contributed by atoms with Gasteiger partial charge in [0.05, 0.1) is 10.5 Å². The Morgan fingerprint density at radius 1 is 0.929 bits per heavy atom. The quantitative estimate of drug-likeness (QED) is 0.563. The molecule has 0 saturated heterocycles. The van der Waals surface area contributed by atoms with Crippen LogP contribution in [0.3, 0.4) is 0 Å². The molecule has 0 spiro atoms. The van der Waals surface area contributed by atoms with Crippen molar-refractivity contribution in [2.24, 2.45) is 0 Å². The van der Waals surface area contributed by atoms with Crippen molar-refractivity contribution in [3.05, 3.63) is 54.0 Å². The number of rotatable bonds is 1. The first kappa shape index (κ1) is 7.83. The summed E-state index contributed by atoms with van der Waals surface area (Å²) in [5.74, 6) is 0. The predicted molar refractivity (Wildman–Crippen MR) is 61.2 cm³/mol. The zero-order chi connectivity index (χ0) is 9.38. The summed E-state index contributed by atoms with van der Waals surface area (Å²) in [5.41, 5.74) is 1.27. The van der Waals surface area contributed by atoms with Gasteiger partial charge in [-0.15, -0.1) is 11.3 Å². The van der Waals surface area contributed by atoms with Crippen LogP contribution in [0.4, 0.5) is 0 Å². The van der Waals surface area contributed by atoms with E-state index in [2.05, 4.69) is 58.6 Å². The Bertz CT molecular complexity index is 548. The topological polar surface area (TPSA) is 4.93 Å². The smallest absolute Gasteiger partial charge is 0.0994 e. The highest BCUT2D eigenvalue weighted by Gasteiger charge is 2.01. The van der Waals surface area contributed by atoms with Gasteiger partial charge in [0.2, 0.25) is 0 Å². The van der Waals surface area contributed by atoms with Gasteiger partial charge in [0, 0.05) is 6.20 Å². The summed E-state index contributed by atoms with van der Waals surface area (Å²) < 4.78 is 2.22. The van der Waals surface area contributed by atoms with E-state index in [1.807, 2.05) is 0 Å². The van der Waals surface area contributed by atoms with Crippen LogP contribution in [0.15, 0.2) is 54.0 Å². The van der Waals surface area contributed by atoms with Crippen LogP contribution in [0, 0.1) is 0 Å². The number of thiophene rings is 1.